The van der Waals surface area contributed by atoms with Gasteiger partial charge in [0.2, 0.25) is 0 Å². The van der Waals surface area contributed by atoms with Crippen LogP contribution in [0.1, 0.15) is 0 Å². The maximum absolute atomic E-state index is 11.2. The van der Waals surface area contributed by atoms with Crippen LogP contribution in [0.2, 0.25) is 0 Å². The molecule has 3 aromatic rings. The number of nitrogens with zero attached hydrogens (tertiary/aromatic N) is 3. The van der Waals surface area contributed by atoms with Crippen molar-refractivity contribution in [2.24, 2.45) is 0 Å². The van der Waals surface area contributed by atoms with Crippen LogP contribution in [0, 0.1) is 0 Å². The second kappa shape index (κ2) is 2.81. The van der Waals surface area contributed by atoms with E-state index in [1.165, 1.54) is 6.07 Å². The lowest BCUT2D eigenvalue weighted by atomic mass is 10.3. The number of imidazole rings is 1. The molecule has 0 radical (unpaired) electrons. The Hall–Kier alpha value is -2.37. The van der Waals surface area contributed by atoms with Crippen molar-refractivity contribution in [3.63, 3.8) is 0 Å². The van der Waals surface area contributed by atoms with E-state index in [-0.39, 0.29) is 5.56 Å². The van der Waals surface area contributed by atoms with Crippen LogP contribution in [0.15, 0.2) is 35.5 Å². The summed E-state index contributed by atoms with van der Waals surface area (Å²) in [4.78, 5) is 15.3. The average Bonchev–Trinajstić information content (AvgIpc) is 2.83. The molecule has 0 bridgehead atoms. The van der Waals surface area contributed by atoms with Gasteiger partial charge in [-0.3, -0.25) is 15.0 Å². The Morgan fingerprint density at radius 2 is 2.20 bits per heavy atom. The summed E-state index contributed by atoms with van der Waals surface area (Å²) in [5.41, 5.74) is 2.22. The third-order valence-electron chi connectivity index (χ3n) is 2.19. The Kier molecular flexibility index (Phi) is 1.49. The summed E-state index contributed by atoms with van der Waals surface area (Å²) in [6, 6.07) is 3.11. The minimum Gasteiger partial charge on any atom is -0.285 e. The maximum atomic E-state index is 11.2. The van der Waals surface area contributed by atoms with Gasteiger partial charge >= 0.3 is 0 Å². The van der Waals surface area contributed by atoms with E-state index in [2.05, 4.69) is 20.3 Å². The van der Waals surface area contributed by atoms with E-state index in [1.54, 1.807) is 29.2 Å². The highest BCUT2D eigenvalue weighted by atomic mass is 16.1. The SMILES string of the molecule is O=c1ccc2ncc(-c3cn[nH]c3)n2[nH]1. The third-order valence-corrected chi connectivity index (χ3v) is 2.19. The smallest absolute Gasteiger partial charge is 0.263 e. The highest BCUT2D eigenvalue weighted by Gasteiger charge is 2.06. The molecule has 15 heavy (non-hydrogen) atoms. The highest BCUT2D eigenvalue weighted by molar-refractivity contribution is 5.60. The molecule has 3 rings (SSSR count). The van der Waals surface area contributed by atoms with Gasteiger partial charge in [-0.1, -0.05) is 0 Å². The van der Waals surface area contributed by atoms with E-state index in [4.69, 9.17) is 0 Å². The molecule has 6 nitrogen and oxygen atoms in total. The van der Waals surface area contributed by atoms with Gasteiger partial charge in [-0.25, -0.2) is 9.50 Å². The third kappa shape index (κ3) is 1.15. The molecule has 0 aliphatic heterocycles. The largest absolute Gasteiger partial charge is 0.285 e. The second-order valence-electron chi connectivity index (χ2n) is 3.13. The number of aromatic amines is 2. The molecule has 2 N–H and O–H groups in total. The molecule has 0 atom stereocenters. The number of H-pyrrole nitrogens is 2. The van der Waals surface area contributed by atoms with Crippen LogP contribution in [0.25, 0.3) is 16.9 Å². The van der Waals surface area contributed by atoms with Crippen molar-refractivity contribution in [3.8, 4) is 11.3 Å². The first-order valence-corrected chi connectivity index (χ1v) is 4.40. The fraction of sp³-hybridized carbons (Fsp3) is 0. The summed E-state index contributed by atoms with van der Waals surface area (Å²) in [5, 5.41) is 9.25. The zero-order chi connectivity index (χ0) is 10.3. The summed E-state index contributed by atoms with van der Waals surface area (Å²) in [6.07, 6.45) is 5.11. The van der Waals surface area contributed by atoms with Crippen LogP contribution in [-0.2, 0) is 0 Å². The minimum absolute atomic E-state index is 0.162. The summed E-state index contributed by atoms with van der Waals surface area (Å²) in [7, 11) is 0. The summed E-state index contributed by atoms with van der Waals surface area (Å²) < 4.78 is 1.63. The molecule has 0 unspecified atom stereocenters. The first-order valence-electron chi connectivity index (χ1n) is 4.40. The molecule has 6 heteroatoms. The number of hydrogen-bond acceptors (Lipinski definition) is 3. The summed E-state index contributed by atoms with van der Waals surface area (Å²) in [5.74, 6) is 0. The van der Waals surface area contributed by atoms with Gasteiger partial charge in [-0.2, -0.15) is 5.10 Å². The van der Waals surface area contributed by atoms with E-state index in [0.29, 0.717) is 5.65 Å². The predicted molar refractivity (Wildman–Crippen MR) is 53.4 cm³/mol. The van der Waals surface area contributed by atoms with Crippen LogP contribution in [0.3, 0.4) is 0 Å². The van der Waals surface area contributed by atoms with Gasteiger partial charge in [0.1, 0.15) is 0 Å². The monoisotopic (exact) mass is 201 g/mol. The molecule has 0 aliphatic carbocycles. The fourth-order valence-corrected chi connectivity index (χ4v) is 1.49. The van der Waals surface area contributed by atoms with E-state index in [0.717, 1.165) is 11.3 Å². The molecule has 0 fully saturated rings. The highest BCUT2D eigenvalue weighted by Crippen LogP contribution is 2.16. The molecule has 0 amide bonds. The molecule has 0 aromatic carbocycles. The van der Waals surface area contributed by atoms with Crippen LogP contribution in [0.5, 0.6) is 0 Å². The molecule has 0 saturated carbocycles. The lowest BCUT2D eigenvalue weighted by Gasteiger charge is -1.96. The Morgan fingerprint density at radius 3 is 3.00 bits per heavy atom. The Balaban J connectivity index is 2.37. The van der Waals surface area contributed by atoms with Gasteiger partial charge in [0.15, 0.2) is 5.65 Å². The first-order chi connectivity index (χ1) is 7.34. The van der Waals surface area contributed by atoms with E-state index >= 15 is 0 Å². The molecule has 3 aromatic heterocycles. The predicted octanol–water partition coefficient (Wildman–Crippen LogP) is 0.413. The molecule has 3 heterocycles. The van der Waals surface area contributed by atoms with E-state index < -0.39 is 0 Å². The Bertz CT molecular complexity index is 649. The van der Waals surface area contributed by atoms with Crippen molar-refractivity contribution in [1.82, 2.24) is 24.8 Å². The van der Waals surface area contributed by atoms with Gasteiger partial charge in [0.05, 0.1) is 18.1 Å². The number of nitrogens with one attached hydrogen (secondary N) is 2. The van der Waals surface area contributed by atoms with E-state index in [9.17, 15) is 4.79 Å². The fourth-order valence-electron chi connectivity index (χ4n) is 1.49. The van der Waals surface area contributed by atoms with Gasteiger partial charge in [-0.05, 0) is 6.07 Å². The van der Waals surface area contributed by atoms with Crippen molar-refractivity contribution in [2.45, 2.75) is 0 Å². The van der Waals surface area contributed by atoms with Gasteiger partial charge in [0.25, 0.3) is 5.56 Å². The number of hydrogen-bond donors (Lipinski definition) is 2. The van der Waals surface area contributed by atoms with Crippen LogP contribution in [0.4, 0.5) is 0 Å². The maximum Gasteiger partial charge on any atom is 0.263 e. The zero-order valence-corrected chi connectivity index (χ0v) is 7.64. The first kappa shape index (κ1) is 7.98. The summed E-state index contributed by atoms with van der Waals surface area (Å²) >= 11 is 0. The lowest BCUT2D eigenvalue weighted by Crippen LogP contribution is -2.09. The molecule has 0 saturated heterocycles. The van der Waals surface area contributed by atoms with Crippen molar-refractivity contribution < 1.29 is 0 Å². The van der Waals surface area contributed by atoms with Crippen LogP contribution in [-0.4, -0.2) is 24.8 Å². The molecule has 74 valence electrons. The Morgan fingerprint density at radius 1 is 1.27 bits per heavy atom. The Labute approximate surface area is 83.6 Å². The van der Waals surface area contributed by atoms with Gasteiger partial charge in [-0.15, -0.1) is 0 Å². The van der Waals surface area contributed by atoms with Crippen LogP contribution >= 0.6 is 0 Å². The lowest BCUT2D eigenvalue weighted by molar-refractivity contribution is 0.911. The van der Waals surface area contributed by atoms with Crippen LogP contribution < -0.4 is 5.56 Å². The standard InChI is InChI=1S/C9H7N5O/c15-9-2-1-8-10-5-7(14(8)13-9)6-3-11-12-4-6/h1-5H,(H,11,12)(H,13,15). The van der Waals surface area contributed by atoms with Crippen molar-refractivity contribution in [2.75, 3.05) is 0 Å². The van der Waals surface area contributed by atoms with Gasteiger partial charge < -0.3 is 0 Å². The average molecular weight is 201 g/mol. The van der Waals surface area contributed by atoms with Crippen molar-refractivity contribution in [1.29, 1.82) is 0 Å². The number of rotatable bonds is 1. The zero-order valence-electron chi connectivity index (χ0n) is 7.64. The molecule has 0 aliphatic rings. The normalized spacial score (nSPS) is 10.9. The topological polar surface area (TPSA) is 78.8 Å². The van der Waals surface area contributed by atoms with E-state index in [1.807, 2.05) is 0 Å². The minimum atomic E-state index is -0.162. The van der Waals surface area contributed by atoms with Gasteiger partial charge in [0, 0.05) is 17.8 Å². The quantitative estimate of drug-likeness (QED) is 0.598. The molecular weight excluding hydrogens is 194 g/mol. The molecule has 0 spiro atoms. The molecular formula is C9H7N5O. The van der Waals surface area contributed by atoms with Crippen molar-refractivity contribution >= 4 is 5.65 Å². The number of aromatic nitrogens is 5. The summed E-state index contributed by atoms with van der Waals surface area (Å²) in [6.45, 7) is 0. The number of fused-ring (bicyclic) bond motifs is 1. The second-order valence-corrected chi connectivity index (χ2v) is 3.13. The van der Waals surface area contributed by atoms with Crippen molar-refractivity contribution in [3.05, 3.63) is 41.1 Å².